The number of hydrogen-bond acceptors (Lipinski definition) is 5. The quantitative estimate of drug-likeness (QED) is 0.503. The molecular weight excluding hydrogens is 378 g/mol. The Morgan fingerprint density at radius 3 is 2.67 bits per heavy atom. The van der Waals surface area contributed by atoms with Crippen molar-refractivity contribution in [3.05, 3.63) is 90.8 Å². The van der Waals surface area contributed by atoms with Crippen molar-refractivity contribution >= 4 is 17.2 Å². The molecule has 0 atom stereocenters. The summed E-state index contributed by atoms with van der Waals surface area (Å²) in [6.45, 7) is 1.94. The minimum absolute atomic E-state index is 0.265. The minimum atomic E-state index is -0.353. The first-order chi connectivity index (χ1) is 14.7. The Balaban J connectivity index is 1.60. The Hall–Kier alpha value is -4.33. The van der Waals surface area contributed by atoms with Crippen LogP contribution < -0.4 is 5.32 Å². The van der Waals surface area contributed by atoms with Crippen molar-refractivity contribution in [1.82, 2.24) is 29.1 Å². The van der Waals surface area contributed by atoms with Gasteiger partial charge in [-0.1, -0.05) is 24.3 Å². The van der Waals surface area contributed by atoms with E-state index in [4.69, 9.17) is 0 Å². The number of pyridine rings is 1. The van der Waals surface area contributed by atoms with Crippen molar-refractivity contribution in [3.63, 3.8) is 0 Å². The zero-order valence-corrected chi connectivity index (χ0v) is 16.1. The monoisotopic (exact) mass is 395 g/mol. The Morgan fingerprint density at radius 2 is 1.87 bits per heavy atom. The molecule has 8 nitrogen and oxygen atoms in total. The van der Waals surface area contributed by atoms with Crippen molar-refractivity contribution < 1.29 is 4.79 Å². The van der Waals surface area contributed by atoms with Gasteiger partial charge in [0.2, 0.25) is 0 Å². The van der Waals surface area contributed by atoms with Crippen molar-refractivity contribution in [2.24, 2.45) is 0 Å². The maximum Gasteiger partial charge on any atom is 0.277 e. The number of carbonyl (C=O) groups excluding carboxylic acids is 1. The molecule has 0 aliphatic rings. The number of aryl methyl sites for hydroxylation is 1. The van der Waals surface area contributed by atoms with E-state index in [1.54, 1.807) is 41.7 Å². The normalized spacial score (nSPS) is 11.0. The van der Waals surface area contributed by atoms with Crippen molar-refractivity contribution in [1.29, 1.82) is 0 Å². The average Bonchev–Trinajstić information content (AvgIpc) is 3.41. The highest BCUT2D eigenvalue weighted by Gasteiger charge is 2.21. The van der Waals surface area contributed by atoms with E-state index in [1.165, 1.54) is 0 Å². The third kappa shape index (κ3) is 3.10. The SMILES string of the molecule is Cc1ccc(NC(=O)c2nc(-c3ccnn3-c3ccccc3)n3ccncc23)nc1. The number of benzene rings is 1. The summed E-state index contributed by atoms with van der Waals surface area (Å²) in [5.74, 6) is 0.705. The van der Waals surface area contributed by atoms with E-state index in [1.807, 2.05) is 53.8 Å². The van der Waals surface area contributed by atoms with Gasteiger partial charge in [0, 0.05) is 18.6 Å². The maximum absolute atomic E-state index is 13.0. The fraction of sp³-hybridized carbons (Fsp3) is 0.0455. The van der Waals surface area contributed by atoms with Gasteiger partial charge in [-0.3, -0.25) is 14.2 Å². The van der Waals surface area contributed by atoms with E-state index in [9.17, 15) is 4.79 Å². The average molecular weight is 395 g/mol. The number of imidazole rings is 1. The molecule has 4 heterocycles. The molecule has 0 bridgehead atoms. The molecule has 1 amide bonds. The lowest BCUT2D eigenvalue weighted by Crippen LogP contribution is -2.14. The highest BCUT2D eigenvalue weighted by Crippen LogP contribution is 2.25. The molecule has 5 rings (SSSR count). The van der Waals surface area contributed by atoms with Crippen molar-refractivity contribution in [2.45, 2.75) is 6.92 Å². The molecule has 5 aromatic rings. The predicted molar refractivity (Wildman–Crippen MR) is 112 cm³/mol. The topological polar surface area (TPSA) is 90.0 Å². The number of aromatic nitrogens is 6. The molecule has 4 aromatic heterocycles. The summed E-state index contributed by atoms with van der Waals surface area (Å²) < 4.78 is 3.62. The maximum atomic E-state index is 13.0. The third-order valence-electron chi connectivity index (χ3n) is 4.69. The molecule has 0 unspecified atom stereocenters. The molecule has 0 radical (unpaired) electrons. The number of fused-ring (bicyclic) bond motifs is 1. The zero-order chi connectivity index (χ0) is 20.5. The van der Waals surface area contributed by atoms with Crippen LogP contribution in [-0.4, -0.2) is 35.0 Å². The van der Waals surface area contributed by atoms with Crippen LogP contribution in [0.15, 0.2) is 79.5 Å². The molecule has 1 N–H and O–H groups in total. The number of para-hydroxylation sites is 1. The lowest BCUT2D eigenvalue weighted by Gasteiger charge is -2.06. The zero-order valence-electron chi connectivity index (χ0n) is 16.1. The number of rotatable bonds is 4. The second kappa shape index (κ2) is 7.25. The largest absolute Gasteiger partial charge is 0.305 e. The lowest BCUT2D eigenvalue weighted by atomic mass is 10.3. The highest BCUT2D eigenvalue weighted by molar-refractivity contribution is 6.07. The van der Waals surface area contributed by atoms with Gasteiger partial charge in [-0.25, -0.2) is 14.6 Å². The Bertz CT molecular complexity index is 1340. The summed E-state index contributed by atoms with van der Waals surface area (Å²) in [6, 6.07) is 15.3. The number of hydrogen-bond donors (Lipinski definition) is 1. The number of nitrogens with zero attached hydrogens (tertiary/aromatic N) is 6. The van der Waals surface area contributed by atoms with Gasteiger partial charge in [-0.15, -0.1) is 0 Å². The first-order valence-corrected chi connectivity index (χ1v) is 9.36. The third-order valence-corrected chi connectivity index (χ3v) is 4.69. The molecule has 0 aliphatic carbocycles. The van der Waals surface area contributed by atoms with E-state index in [-0.39, 0.29) is 11.6 Å². The smallest absolute Gasteiger partial charge is 0.277 e. The Kier molecular flexibility index (Phi) is 4.29. The van der Waals surface area contributed by atoms with Crippen molar-refractivity contribution in [3.8, 4) is 17.2 Å². The first-order valence-electron chi connectivity index (χ1n) is 9.36. The van der Waals surface area contributed by atoms with Crippen LogP contribution in [0.2, 0.25) is 0 Å². The van der Waals surface area contributed by atoms with Crippen LogP contribution in [0.3, 0.4) is 0 Å². The van der Waals surface area contributed by atoms with E-state index in [0.29, 0.717) is 17.2 Å². The van der Waals surface area contributed by atoms with Gasteiger partial charge in [0.1, 0.15) is 11.5 Å². The summed E-state index contributed by atoms with van der Waals surface area (Å²) in [7, 11) is 0. The standard InChI is InChI=1S/C22H17N7O/c1-15-7-8-19(24-13-15)26-22(30)20-18-14-23-11-12-28(18)21(27-20)17-9-10-25-29(17)16-5-3-2-4-6-16/h2-14H,1H3,(H,24,26,30). The van der Waals surface area contributed by atoms with Crippen LogP contribution in [0.4, 0.5) is 5.82 Å². The molecule has 0 aliphatic heterocycles. The minimum Gasteiger partial charge on any atom is -0.305 e. The summed E-state index contributed by atoms with van der Waals surface area (Å²) in [4.78, 5) is 26.0. The predicted octanol–water partition coefficient (Wildman–Crippen LogP) is 3.54. The number of anilines is 1. The van der Waals surface area contributed by atoms with E-state index in [0.717, 1.165) is 16.9 Å². The summed E-state index contributed by atoms with van der Waals surface area (Å²) in [5.41, 5.74) is 3.54. The van der Waals surface area contributed by atoms with Crippen LogP contribution in [0.25, 0.3) is 22.7 Å². The van der Waals surface area contributed by atoms with Gasteiger partial charge < -0.3 is 5.32 Å². The molecule has 30 heavy (non-hydrogen) atoms. The molecule has 0 saturated carbocycles. The second-order valence-electron chi connectivity index (χ2n) is 6.75. The lowest BCUT2D eigenvalue weighted by molar-refractivity contribution is 0.102. The molecule has 0 fully saturated rings. The number of amides is 1. The summed E-state index contributed by atoms with van der Waals surface area (Å²) in [6.07, 6.45) is 8.47. The molecule has 0 spiro atoms. The molecule has 0 saturated heterocycles. The summed E-state index contributed by atoms with van der Waals surface area (Å²) >= 11 is 0. The van der Waals surface area contributed by atoms with Crippen LogP contribution in [-0.2, 0) is 0 Å². The Labute approximate surface area is 171 Å². The summed E-state index contributed by atoms with van der Waals surface area (Å²) in [5, 5.41) is 7.24. The van der Waals surface area contributed by atoms with Crippen LogP contribution in [0.5, 0.6) is 0 Å². The van der Waals surface area contributed by atoms with Gasteiger partial charge in [0.25, 0.3) is 5.91 Å². The molecular formula is C22H17N7O. The number of nitrogens with one attached hydrogen (secondary N) is 1. The fourth-order valence-electron chi connectivity index (χ4n) is 3.25. The van der Waals surface area contributed by atoms with Crippen LogP contribution >= 0.6 is 0 Å². The fourth-order valence-corrected chi connectivity index (χ4v) is 3.25. The van der Waals surface area contributed by atoms with E-state index >= 15 is 0 Å². The first kappa shape index (κ1) is 17.7. The molecule has 8 heteroatoms. The van der Waals surface area contributed by atoms with Gasteiger partial charge in [0.05, 0.1) is 23.6 Å². The van der Waals surface area contributed by atoms with Crippen LogP contribution in [0.1, 0.15) is 16.1 Å². The molecule has 1 aromatic carbocycles. The molecule has 146 valence electrons. The van der Waals surface area contributed by atoms with Gasteiger partial charge >= 0.3 is 0 Å². The highest BCUT2D eigenvalue weighted by atomic mass is 16.2. The van der Waals surface area contributed by atoms with Crippen LogP contribution in [0, 0.1) is 6.92 Å². The Morgan fingerprint density at radius 1 is 1.00 bits per heavy atom. The van der Waals surface area contributed by atoms with E-state index < -0.39 is 0 Å². The van der Waals surface area contributed by atoms with E-state index in [2.05, 4.69) is 25.4 Å². The van der Waals surface area contributed by atoms with Crippen molar-refractivity contribution in [2.75, 3.05) is 5.32 Å². The van der Waals surface area contributed by atoms with Gasteiger partial charge in [0.15, 0.2) is 11.5 Å². The van der Waals surface area contributed by atoms with Gasteiger partial charge in [-0.2, -0.15) is 5.10 Å². The van der Waals surface area contributed by atoms with Gasteiger partial charge in [-0.05, 0) is 36.8 Å². The number of carbonyl (C=O) groups is 1. The second-order valence-corrected chi connectivity index (χ2v) is 6.75.